The largest absolute Gasteiger partial charge is 0.482 e. The molecule has 2 aromatic carbocycles. The molecule has 7 nitrogen and oxygen atoms in total. The Morgan fingerprint density at radius 2 is 1.94 bits per heavy atom. The van der Waals surface area contributed by atoms with Gasteiger partial charge in [-0.2, -0.15) is 5.10 Å². The molecular weight excluding hydrogens is 414 g/mol. The predicted molar refractivity (Wildman–Crippen MR) is 130 cm³/mol. The van der Waals surface area contributed by atoms with E-state index in [0.717, 1.165) is 28.7 Å². The number of hydrogen-bond donors (Lipinski definition) is 2. The number of amides is 1. The molecule has 0 aliphatic rings. The van der Waals surface area contributed by atoms with E-state index in [2.05, 4.69) is 22.3 Å². The van der Waals surface area contributed by atoms with Crippen molar-refractivity contribution in [3.63, 3.8) is 0 Å². The van der Waals surface area contributed by atoms with Crippen LogP contribution in [-0.2, 0) is 13.5 Å². The number of benzene rings is 2. The number of nitrogens with zero attached hydrogens (tertiary/aromatic N) is 3. The maximum atomic E-state index is 12.7. The summed E-state index contributed by atoms with van der Waals surface area (Å²) >= 11 is 0. The van der Waals surface area contributed by atoms with E-state index < -0.39 is 0 Å². The van der Waals surface area contributed by atoms with E-state index in [4.69, 9.17) is 10.5 Å². The lowest BCUT2D eigenvalue weighted by molar-refractivity contribution is 0.102. The molecule has 3 N–H and O–H groups in total. The molecule has 1 atom stereocenters. The summed E-state index contributed by atoms with van der Waals surface area (Å²) in [5.74, 6) is 0.665. The zero-order valence-corrected chi connectivity index (χ0v) is 18.9. The third-order valence-electron chi connectivity index (χ3n) is 5.44. The van der Waals surface area contributed by atoms with Gasteiger partial charge in [0.2, 0.25) is 0 Å². The van der Waals surface area contributed by atoms with Crippen LogP contribution in [0.1, 0.15) is 41.4 Å². The second-order valence-electron chi connectivity index (χ2n) is 7.90. The van der Waals surface area contributed by atoms with Crippen LogP contribution < -0.4 is 15.8 Å². The minimum absolute atomic E-state index is 0.145. The normalized spacial score (nSPS) is 11.7. The second-order valence-corrected chi connectivity index (χ2v) is 7.90. The maximum Gasteiger partial charge on any atom is 0.255 e. The molecule has 2 aromatic heterocycles. The van der Waals surface area contributed by atoms with Crippen LogP contribution in [0, 0.1) is 0 Å². The van der Waals surface area contributed by atoms with Crippen LogP contribution >= 0.6 is 0 Å². The van der Waals surface area contributed by atoms with Crippen molar-refractivity contribution in [3.8, 4) is 16.9 Å². The molecule has 0 spiro atoms. The van der Waals surface area contributed by atoms with Gasteiger partial charge in [0.1, 0.15) is 6.10 Å². The monoisotopic (exact) mass is 441 g/mol. The number of nitrogens with one attached hydrogen (secondary N) is 1. The molecule has 0 saturated heterocycles. The van der Waals surface area contributed by atoms with Gasteiger partial charge in [0.15, 0.2) is 11.6 Å². The van der Waals surface area contributed by atoms with Crippen molar-refractivity contribution in [2.75, 3.05) is 11.1 Å². The topological polar surface area (TPSA) is 95.1 Å². The van der Waals surface area contributed by atoms with E-state index in [0.29, 0.717) is 22.8 Å². The Hall–Kier alpha value is -4.13. The summed E-state index contributed by atoms with van der Waals surface area (Å²) < 4.78 is 7.88. The van der Waals surface area contributed by atoms with Gasteiger partial charge in [-0.05, 0) is 54.8 Å². The highest BCUT2D eigenvalue weighted by atomic mass is 16.5. The molecule has 0 saturated carbocycles. The first-order valence-corrected chi connectivity index (χ1v) is 10.8. The highest BCUT2D eigenvalue weighted by Crippen LogP contribution is 2.31. The summed E-state index contributed by atoms with van der Waals surface area (Å²) in [4.78, 5) is 17.0. The Morgan fingerprint density at radius 1 is 1.12 bits per heavy atom. The van der Waals surface area contributed by atoms with Crippen LogP contribution in [0.5, 0.6) is 5.75 Å². The van der Waals surface area contributed by atoms with Crippen molar-refractivity contribution < 1.29 is 9.53 Å². The smallest absolute Gasteiger partial charge is 0.255 e. The average molecular weight is 442 g/mol. The van der Waals surface area contributed by atoms with Gasteiger partial charge in [-0.3, -0.25) is 9.48 Å². The van der Waals surface area contributed by atoms with E-state index in [1.165, 1.54) is 0 Å². The zero-order chi connectivity index (χ0) is 23.4. The van der Waals surface area contributed by atoms with Gasteiger partial charge in [-0.15, -0.1) is 0 Å². The number of aryl methyl sites for hydroxylation is 2. The summed E-state index contributed by atoms with van der Waals surface area (Å²) in [5.41, 5.74) is 11.2. The third-order valence-corrected chi connectivity index (χ3v) is 5.44. The molecule has 7 heteroatoms. The highest BCUT2D eigenvalue weighted by Gasteiger charge is 2.14. The molecule has 1 amide bonds. The van der Waals surface area contributed by atoms with Gasteiger partial charge in [0.25, 0.3) is 5.91 Å². The fourth-order valence-electron chi connectivity index (χ4n) is 3.54. The molecule has 4 aromatic rings. The van der Waals surface area contributed by atoms with Crippen molar-refractivity contribution >= 4 is 17.4 Å². The maximum absolute atomic E-state index is 12.7. The average Bonchev–Trinajstić information content (AvgIpc) is 3.27. The molecule has 0 radical (unpaired) electrons. The zero-order valence-electron chi connectivity index (χ0n) is 18.9. The summed E-state index contributed by atoms with van der Waals surface area (Å²) in [6.45, 7) is 4.00. The minimum Gasteiger partial charge on any atom is -0.482 e. The van der Waals surface area contributed by atoms with Crippen molar-refractivity contribution in [1.29, 1.82) is 0 Å². The molecule has 0 bridgehead atoms. The van der Waals surface area contributed by atoms with Crippen LogP contribution in [0.15, 0.2) is 73.2 Å². The van der Waals surface area contributed by atoms with Crippen LogP contribution in [0.2, 0.25) is 0 Å². The first-order chi connectivity index (χ1) is 15.9. The number of anilines is 2. The van der Waals surface area contributed by atoms with Crippen molar-refractivity contribution in [1.82, 2.24) is 14.8 Å². The Morgan fingerprint density at radius 3 is 2.70 bits per heavy atom. The summed E-state index contributed by atoms with van der Waals surface area (Å²) in [6.07, 6.45) is 5.95. The summed E-state index contributed by atoms with van der Waals surface area (Å²) in [6, 6.07) is 17.1. The lowest BCUT2D eigenvalue weighted by atomic mass is 10.1. The van der Waals surface area contributed by atoms with Crippen LogP contribution in [0.4, 0.5) is 11.5 Å². The van der Waals surface area contributed by atoms with Crippen LogP contribution in [0.3, 0.4) is 0 Å². The SMILES string of the molecule is CCc1cccc(C(=O)Nc2cccc([C@@H](C)Oc3cc(-c4cnn(C)c4)cnc3N)c2)c1. The third kappa shape index (κ3) is 5.20. The van der Waals surface area contributed by atoms with Gasteiger partial charge in [-0.25, -0.2) is 4.98 Å². The minimum atomic E-state index is -0.307. The van der Waals surface area contributed by atoms with Gasteiger partial charge in [0, 0.05) is 41.8 Å². The number of nitrogens with two attached hydrogens (primary N) is 1. The molecular formula is C26H27N5O2. The fourth-order valence-corrected chi connectivity index (χ4v) is 3.54. The predicted octanol–water partition coefficient (Wildman–Crippen LogP) is 5.02. The Balaban J connectivity index is 1.50. The van der Waals surface area contributed by atoms with Crippen molar-refractivity contribution in [2.24, 2.45) is 7.05 Å². The van der Waals surface area contributed by atoms with E-state index in [1.54, 1.807) is 17.1 Å². The number of carbonyl (C=O) groups is 1. The van der Waals surface area contributed by atoms with Gasteiger partial charge < -0.3 is 15.8 Å². The lowest BCUT2D eigenvalue weighted by Gasteiger charge is -2.17. The van der Waals surface area contributed by atoms with E-state index in [-0.39, 0.29) is 12.0 Å². The molecule has 33 heavy (non-hydrogen) atoms. The quantitative estimate of drug-likeness (QED) is 0.420. The molecule has 0 fully saturated rings. The second kappa shape index (κ2) is 9.56. The number of aromatic nitrogens is 3. The van der Waals surface area contributed by atoms with Gasteiger partial charge in [-0.1, -0.05) is 31.2 Å². The molecule has 2 heterocycles. The first kappa shape index (κ1) is 22.1. The van der Waals surface area contributed by atoms with Crippen LogP contribution in [0.25, 0.3) is 11.1 Å². The Kier molecular flexibility index (Phi) is 6.40. The van der Waals surface area contributed by atoms with Crippen molar-refractivity contribution in [2.45, 2.75) is 26.4 Å². The Bertz CT molecular complexity index is 1280. The highest BCUT2D eigenvalue weighted by molar-refractivity contribution is 6.04. The van der Waals surface area contributed by atoms with E-state index >= 15 is 0 Å². The number of pyridine rings is 1. The number of rotatable bonds is 7. The van der Waals surface area contributed by atoms with Gasteiger partial charge >= 0.3 is 0 Å². The number of nitrogen functional groups attached to an aromatic ring is 1. The number of carbonyl (C=O) groups excluding carboxylic acids is 1. The summed E-state index contributed by atoms with van der Waals surface area (Å²) in [7, 11) is 1.86. The number of hydrogen-bond acceptors (Lipinski definition) is 5. The molecule has 4 rings (SSSR count). The summed E-state index contributed by atoms with van der Waals surface area (Å²) in [5, 5.41) is 7.17. The van der Waals surface area contributed by atoms with Crippen molar-refractivity contribution in [3.05, 3.63) is 89.9 Å². The number of ether oxygens (including phenoxy) is 1. The standard InChI is InChI=1S/C26H27N5O2/c1-4-18-7-5-9-20(11-18)26(32)30-23-10-6-8-19(12-23)17(2)33-24-13-21(14-28-25(24)27)22-15-29-31(3)16-22/h5-17H,4H2,1-3H3,(H2,27,28)(H,30,32)/t17-/m1/s1. The molecule has 168 valence electrons. The van der Waals surface area contributed by atoms with E-state index in [1.807, 2.05) is 74.8 Å². The molecule has 0 unspecified atom stereocenters. The molecule has 0 aliphatic carbocycles. The molecule has 0 aliphatic heterocycles. The van der Waals surface area contributed by atoms with E-state index in [9.17, 15) is 4.79 Å². The Labute approximate surface area is 193 Å². The van der Waals surface area contributed by atoms with Gasteiger partial charge in [0.05, 0.1) is 6.20 Å². The first-order valence-electron chi connectivity index (χ1n) is 10.8. The van der Waals surface area contributed by atoms with Crippen LogP contribution in [-0.4, -0.2) is 20.7 Å². The lowest BCUT2D eigenvalue weighted by Crippen LogP contribution is -2.13. The fraction of sp³-hybridized carbons (Fsp3) is 0.192.